The quantitative estimate of drug-likeness (QED) is 0.498. The molecule has 1 aliphatic heterocycles. The van der Waals surface area contributed by atoms with Crippen molar-refractivity contribution in [3.05, 3.63) is 53.0 Å². The van der Waals surface area contributed by atoms with Gasteiger partial charge in [0.25, 0.3) is 0 Å². The van der Waals surface area contributed by atoms with Crippen LogP contribution in [0.4, 0.5) is 0 Å². The maximum Gasteiger partial charge on any atom is 0.439 e. The van der Waals surface area contributed by atoms with Crippen molar-refractivity contribution in [3.8, 4) is 28.5 Å². The number of benzene rings is 2. The van der Waals surface area contributed by atoms with Gasteiger partial charge in [0.05, 0.1) is 5.39 Å². The average molecular weight is 446 g/mol. The summed E-state index contributed by atoms with van der Waals surface area (Å²) in [4.78, 5) is 28.1. The molecule has 1 saturated heterocycles. The first-order chi connectivity index (χ1) is 16.1. The Morgan fingerprint density at radius 2 is 1.85 bits per heavy atom. The predicted molar refractivity (Wildman–Crippen MR) is 119 cm³/mol. The van der Waals surface area contributed by atoms with Crippen LogP contribution < -0.4 is 10.5 Å². The molecule has 9 nitrogen and oxygen atoms in total. The second-order valence-corrected chi connectivity index (χ2v) is 8.63. The summed E-state index contributed by atoms with van der Waals surface area (Å²) in [6.45, 7) is 1.50. The number of hydrogen-bond acceptors (Lipinski definition) is 7. The van der Waals surface area contributed by atoms with Crippen LogP contribution in [0.3, 0.4) is 0 Å². The number of aromatic amines is 1. The standard InChI is InChI=1S/C24H22N4O5/c29-23(14-4-5-14)28-10-8-17(9-11-28)31-18-3-1-2-15(12-18)21-19-13-16(6-7-20(19)26-32-21)22-25-24(30)33-27-22/h1-3,6-7,12-14,17H,4-5,8-11H2,(H,25,27,30). The number of H-pyrrole nitrogens is 1. The van der Waals surface area contributed by atoms with E-state index in [2.05, 4.69) is 19.8 Å². The van der Waals surface area contributed by atoms with E-state index >= 15 is 0 Å². The highest BCUT2D eigenvalue weighted by Gasteiger charge is 2.35. The molecule has 0 atom stereocenters. The Morgan fingerprint density at radius 1 is 1.00 bits per heavy atom. The van der Waals surface area contributed by atoms with Crippen LogP contribution in [0.2, 0.25) is 0 Å². The molecule has 1 saturated carbocycles. The average Bonchev–Trinajstić information content (AvgIpc) is 3.46. The SMILES string of the molecule is O=C(C1CC1)N1CCC(Oc2cccc(-c3onc4ccc(-c5noc(=O)[nH]5)cc34)c2)CC1. The molecule has 4 aromatic rings. The maximum atomic E-state index is 12.3. The molecule has 33 heavy (non-hydrogen) atoms. The molecule has 0 spiro atoms. The van der Waals surface area contributed by atoms with E-state index in [-0.39, 0.29) is 12.0 Å². The smallest absolute Gasteiger partial charge is 0.439 e. The van der Waals surface area contributed by atoms with Crippen molar-refractivity contribution in [2.24, 2.45) is 5.92 Å². The third kappa shape index (κ3) is 3.90. The summed E-state index contributed by atoms with van der Waals surface area (Å²) in [5.41, 5.74) is 2.22. The lowest BCUT2D eigenvalue weighted by molar-refractivity contribution is -0.134. The fourth-order valence-corrected chi connectivity index (χ4v) is 4.34. The van der Waals surface area contributed by atoms with Crippen LogP contribution in [-0.2, 0) is 4.79 Å². The van der Waals surface area contributed by atoms with E-state index in [1.807, 2.05) is 41.3 Å². The number of likely N-dealkylation sites (tertiary alicyclic amines) is 1. The molecule has 2 aliphatic rings. The van der Waals surface area contributed by atoms with E-state index in [4.69, 9.17) is 9.26 Å². The number of aromatic nitrogens is 3. The Kier molecular flexibility index (Phi) is 4.74. The fraction of sp³-hybridized carbons (Fsp3) is 0.333. The molecule has 2 fully saturated rings. The van der Waals surface area contributed by atoms with Crippen molar-refractivity contribution in [1.29, 1.82) is 0 Å². The topological polar surface area (TPSA) is 114 Å². The zero-order valence-electron chi connectivity index (χ0n) is 17.8. The lowest BCUT2D eigenvalue weighted by Gasteiger charge is -2.32. The normalized spacial score (nSPS) is 16.9. The zero-order chi connectivity index (χ0) is 22.4. The molecular weight excluding hydrogens is 424 g/mol. The molecule has 6 rings (SSSR count). The molecule has 0 bridgehead atoms. The first-order valence-electron chi connectivity index (χ1n) is 11.2. The van der Waals surface area contributed by atoms with Crippen LogP contribution >= 0.6 is 0 Å². The van der Waals surface area contributed by atoms with Crippen LogP contribution in [0.25, 0.3) is 33.6 Å². The van der Waals surface area contributed by atoms with Gasteiger partial charge in [-0.25, -0.2) is 4.79 Å². The summed E-state index contributed by atoms with van der Waals surface area (Å²) in [6, 6.07) is 13.2. The Bertz CT molecular complexity index is 1370. The number of nitrogens with one attached hydrogen (secondary N) is 1. The Hall–Kier alpha value is -3.88. The largest absolute Gasteiger partial charge is 0.490 e. The van der Waals surface area contributed by atoms with E-state index in [0.29, 0.717) is 28.6 Å². The summed E-state index contributed by atoms with van der Waals surface area (Å²) in [5.74, 6) is 1.66. The van der Waals surface area contributed by atoms with Crippen LogP contribution in [0.1, 0.15) is 25.7 Å². The van der Waals surface area contributed by atoms with Crippen LogP contribution in [-0.4, -0.2) is 45.3 Å². The number of carbonyl (C=O) groups excluding carboxylic acids is 1. The third-order valence-electron chi connectivity index (χ3n) is 6.27. The minimum absolute atomic E-state index is 0.0746. The van der Waals surface area contributed by atoms with Crippen molar-refractivity contribution in [3.63, 3.8) is 0 Å². The molecule has 2 aromatic carbocycles. The Morgan fingerprint density at radius 3 is 2.61 bits per heavy atom. The number of nitrogens with zero attached hydrogens (tertiary/aromatic N) is 3. The van der Waals surface area contributed by atoms with E-state index < -0.39 is 5.76 Å². The Balaban J connectivity index is 1.21. The van der Waals surface area contributed by atoms with E-state index in [1.165, 1.54) is 0 Å². The summed E-state index contributed by atoms with van der Waals surface area (Å²) in [5, 5.41) is 8.70. The molecule has 168 valence electrons. The minimum atomic E-state index is -0.608. The highest BCUT2D eigenvalue weighted by molar-refractivity contribution is 5.94. The van der Waals surface area contributed by atoms with E-state index in [1.54, 1.807) is 6.07 Å². The molecule has 2 aromatic heterocycles. The fourth-order valence-electron chi connectivity index (χ4n) is 4.34. The van der Waals surface area contributed by atoms with Gasteiger partial charge in [-0.2, -0.15) is 0 Å². The molecule has 9 heteroatoms. The van der Waals surface area contributed by atoms with E-state index in [0.717, 1.165) is 55.5 Å². The second kappa shape index (κ2) is 7.91. The number of rotatable bonds is 5. The number of carbonyl (C=O) groups is 1. The first-order valence-corrected chi connectivity index (χ1v) is 11.2. The van der Waals surface area contributed by atoms with E-state index in [9.17, 15) is 9.59 Å². The van der Waals surface area contributed by atoms with Gasteiger partial charge in [0.2, 0.25) is 5.91 Å². The molecule has 1 N–H and O–H groups in total. The van der Waals surface area contributed by atoms with Gasteiger partial charge < -0.3 is 14.2 Å². The number of amides is 1. The molecular formula is C24H22N4O5. The Labute approximate surface area is 188 Å². The summed E-state index contributed by atoms with van der Waals surface area (Å²) < 4.78 is 16.5. The predicted octanol–water partition coefficient (Wildman–Crippen LogP) is 3.62. The zero-order valence-corrected chi connectivity index (χ0v) is 17.8. The molecule has 3 heterocycles. The number of hydrogen-bond donors (Lipinski definition) is 1. The van der Waals surface area contributed by atoms with Crippen molar-refractivity contribution >= 4 is 16.8 Å². The van der Waals surface area contributed by atoms with Gasteiger partial charge in [-0.15, -0.1) is 0 Å². The van der Waals surface area contributed by atoms with Gasteiger partial charge in [0.15, 0.2) is 11.6 Å². The van der Waals surface area contributed by atoms with Crippen LogP contribution in [0, 0.1) is 5.92 Å². The lowest BCUT2D eigenvalue weighted by Crippen LogP contribution is -2.42. The summed E-state index contributed by atoms with van der Waals surface area (Å²) in [7, 11) is 0. The van der Waals surface area contributed by atoms with Gasteiger partial charge in [0, 0.05) is 43.0 Å². The second-order valence-electron chi connectivity index (χ2n) is 8.63. The lowest BCUT2D eigenvalue weighted by atomic mass is 10.1. The first kappa shape index (κ1) is 19.8. The number of fused-ring (bicyclic) bond motifs is 1. The number of piperidine rings is 1. The highest BCUT2D eigenvalue weighted by atomic mass is 16.5. The molecule has 0 unspecified atom stereocenters. The third-order valence-corrected chi connectivity index (χ3v) is 6.27. The molecule has 1 amide bonds. The van der Waals surface area contributed by atoms with Gasteiger partial charge in [-0.1, -0.05) is 22.4 Å². The molecule has 1 aliphatic carbocycles. The van der Waals surface area contributed by atoms with Crippen LogP contribution in [0.15, 0.2) is 56.3 Å². The van der Waals surface area contributed by atoms with Crippen molar-refractivity contribution in [2.45, 2.75) is 31.8 Å². The summed E-state index contributed by atoms with van der Waals surface area (Å²) in [6.07, 6.45) is 3.80. The van der Waals surface area contributed by atoms with Gasteiger partial charge in [-0.3, -0.25) is 14.3 Å². The summed E-state index contributed by atoms with van der Waals surface area (Å²) >= 11 is 0. The van der Waals surface area contributed by atoms with Gasteiger partial charge in [-0.05, 0) is 43.2 Å². The minimum Gasteiger partial charge on any atom is -0.490 e. The monoisotopic (exact) mass is 446 g/mol. The number of ether oxygens (including phenoxy) is 1. The van der Waals surface area contributed by atoms with Gasteiger partial charge >= 0.3 is 5.76 Å². The molecule has 0 radical (unpaired) electrons. The van der Waals surface area contributed by atoms with Crippen molar-refractivity contribution in [1.82, 2.24) is 20.2 Å². The van der Waals surface area contributed by atoms with Crippen molar-refractivity contribution < 1.29 is 18.6 Å². The van der Waals surface area contributed by atoms with Crippen molar-refractivity contribution in [2.75, 3.05) is 13.1 Å². The maximum absolute atomic E-state index is 12.3. The highest BCUT2D eigenvalue weighted by Crippen LogP contribution is 2.34. The van der Waals surface area contributed by atoms with Crippen LogP contribution in [0.5, 0.6) is 5.75 Å². The van der Waals surface area contributed by atoms with Gasteiger partial charge in [0.1, 0.15) is 17.4 Å².